The summed E-state index contributed by atoms with van der Waals surface area (Å²) in [5.74, 6) is 0.955. The molecule has 6 nitrogen and oxygen atoms in total. The summed E-state index contributed by atoms with van der Waals surface area (Å²) >= 11 is 0. The van der Waals surface area contributed by atoms with Gasteiger partial charge in [0.15, 0.2) is 5.82 Å². The minimum Gasteiger partial charge on any atom is -0.377 e. The van der Waals surface area contributed by atoms with E-state index in [0.29, 0.717) is 13.1 Å². The van der Waals surface area contributed by atoms with Gasteiger partial charge >= 0.3 is 6.03 Å². The van der Waals surface area contributed by atoms with Crippen molar-refractivity contribution in [2.75, 3.05) is 36.4 Å². The summed E-state index contributed by atoms with van der Waals surface area (Å²) in [5.41, 5.74) is 1.95. The van der Waals surface area contributed by atoms with Gasteiger partial charge in [-0.3, -0.25) is 4.57 Å². The minimum atomic E-state index is -0.0367. The zero-order valence-electron chi connectivity index (χ0n) is 16.7. The van der Waals surface area contributed by atoms with E-state index in [1.54, 1.807) is 4.57 Å². The summed E-state index contributed by atoms with van der Waals surface area (Å²) in [6, 6.07) is 14.0. The summed E-state index contributed by atoms with van der Waals surface area (Å²) in [6.07, 6.45) is 3.69. The third-order valence-electron chi connectivity index (χ3n) is 4.95. The van der Waals surface area contributed by atoms with Crippen molar-refractivity contribution in [3.05, 3.63) is 54.9 Å². The zero-order chi connectivity index (χ0) is 19.7. The van der Waals surface area contributed by atoms with E-state index in [1.165, 1.54) is 0 Å². The Balaban J connectivity index is 1.47. The fraction of sp³-hybridized carbons (Fsp3) is 0.364. The first kappa shape index (κ1) is 18.3. The van der Waals surface area contributed by atoms with Gasteiger partial charge in [-0.25, -0.2) is 9.78 Å². The second kappa shape index (κ2) is 7.19. The smallest absolute Gasteiger partial charge is 0.328 e. The maximum atomic E-state index is 13.0. The lowest BCUT2D eigenvalue weighted by atomic mass is 10.1. The number of anilines is 2. The van der Waals surface area contributed by atoms with E-state index in [2.05, 4.69) is 42.0 Å². The number of para-hydroxylation sites is 1. The molecule has 1 amide bonds. The number of fused-ring (bicyclic) bond motifs is 1. The Morgan fingerprint density at radius 2 is 1.75 bits per heavy atom. The van der Waals surface area contributed by atoms with Crippen LogP contribution in [0.3, 0.4) is 0 Å². The maximum absolute atomic E-state index is 13.0. The van der Waals surface area contributed by atoms with E-state index in [4.69, 9.17) is 0 Å². The number of pyridine rings is 1. The number of carbonyl (C=O) groups excluding carboxylic acids is 1. The average Bonchev–Trinajstić information content (AvgIpc) is 3.11. The number of amides is 1. The molecule has 4 rings (SSSR count). The number of carbonyl (C=O) groups is 1. The number of nitrogens with zero attached hydrogens (tertiary/aromatic N) is 4. The van der Waals surface area contributed by atoms with Gasteiger partial charge in [-0.05, 0) is 45.0 Å². The molecule has 0 spiro atoms. The van der Waals surface area contributed by atoms with Crippen LogP contribution in [-0.2, 0) is 0 Å². The minimum absolute atomic E-state index is 0.0367. The van der Waals surface area contributed by atoms with Crippen molar-refractivity contribution in [3.8, 4) is 0 Å². The van der Waals surface area contributed by atoms with Gasteiger partial charge in [0.05, 0.1) is 11.2 Å². The Morgan fingerprint density at radius 3 is 2.50 bits per heavy atom. The van der Waals surface area contributed by atoms with E-state index in [9.17, 15) is 4.79 Å². The molecule has 0 bridgehead atoms. The van der Waals surface area contributed by atoms with E-state index < -0.39 is 0 Å². The first-order valence-corrected chi connectivity index (χ1v) is 9.76. The fourth-order valence-corrected chi connectivity index (χ4v) is 3.66. The molecule has 6 heteroatoms. The van der Waals surface area contributed by atoms with Crippen molar-refractivity contribution >= 4 is 28.4 Å². The van der Waals surface area contributed by atoms with Crippen LogP contribution in [0.15, 0.2) is 54.9 Å². The SMILES string of the molecule is CC(C)(C)Nc1cccnc1N1CCN(C(=O)n2ccc3ccccc32)CC1. The third kappa shape index (κ3) is 3.67. The van der Waals surface area contributed by atoms with E-state index in [1.807, 2.05) is 53.7 Å². The number of rotatable bonds is 2. The molecule has 1 N–H and O–H groups in total. The first-order valence-electron chi connectivity index (χ1n) is 9.76. The van der Waals surface area contributed by atoms with E-state index >= 15 is 0 Å². The van der Waals surface area contributed by atoms with Gasteiger partial charge in [0, 0.05) is 49.5 Å². The summed E-state index contributed by atoms with van der Waals surface area (Å²) < 4.78 is 1.75. The molecule has 1 aliphatic rings. The highest BCUT2D eigenvalue weighted by Gasteiger charge is 2.25. The summed E-state index contributed by atoms with van der Waals surface area (Å²) in [5, 5.41) is 4.62. The van der Waals surface area contributed by atoms with Gasteiger partial charge in [-0.2, -0.15) is 0 Å². The molecule has 1 aromatic carbocycles. The average molecular weight is 377 g/mol. The van der Waals surface area contributed by atoms with Crippen LogP contribution in [-0.4, -0.2) is 52.2 Å². The van der Waals surface area contributed by atoms with Crippen LogP contribution < -0.4 is 10.2 Å². The Labute approximate surface area is 165 Å². The molecule has 1 fully saturated rings. The summed E-state index contributed by atoms with van der Waals surface area (Å²) in [7, 11) is 0. The highest BCUT2D eigenvalue weighted by molar-refractivity contribution is 5.91. The molecule has 146 valence electrons. The molecule has 3 heterocycles. The number of benzene rings is 1. The molecule has 0 unspecified atom stereocenters. The monoisotopic (exact) mass is 377 g/mol. The lowest BCUT2D eigenvalue weighted by Crippen LogP contribution is -2.50. The van der Waals surface area contributed by atoms with Gasteiger partial charge in [0.1, 0.15) is 0 Å². The van der Waals surface area contributed by atoms with Crippen LogP contribution in [0.5, 0.6) is 0 Å². The third-order valence-corrected chi connectivity index (χ3v) is 4.95. The number of hydrogen-bond donors (Lipinski definition) is 1. The molecular weight excluding hydrogens is 350 g/mol. The number of hydrogen-bond acceptors (Lipinski definition) is 4. The van der Waals surface area contributed by atoms with Gasteiger partial charge in [-0.1, -0.05) is 18.2 Å². The fourth-order valence-electron chi connectivity index (χ4n) is 3.66. The van der Waals surface area contributed by atoms with Crippen LogP contribution in [0.2, 0.25) is 0 Å². The zero-order valence-corrected chi connectivity index (χ0v) is 16.7. The van der Waals surface area contributed by atoms with Crippen molar-refractivity contribution in [1.82, 2.24) is 14.5 Å². The number of aromatic nitrogens is 2. The van der Waals surface area contributed by atoms with Crippen molar-refractivity contribution in [1.29, 1.82) is 0 Å². The molecule has 0 saturated carbocycles. The first-order chi connectivity index (χ1) is 13.4. The Hall–Kier alpha value is -3.02. The van der Waals surface area contributed by atoms with Crippen molar-refractivity contribution in [2.45, 2.75) is 26.3 Å². The predicted molar refractivity (Wildman–Crippen MR) is 114 cm³/mol. The van der Waals surface area contributed by atoms with Crippen LogP contribution in [0.4, 0.5) is 16.3 Å². The molecule has 0 radical (unpaired) electrons. The van der Waals surface area contributed by atoms with Gasteiger partial charge in [0.25, 0.3) is 0 Å². The van der Waals surface area contributed by atoms with Crippen molar-refractivity contribution < 1.29 is 4.79 Å². The van der Waals surface area contributed by atoms with Crippen LogP contribution >= 0.6 is 0 Å². The quantitative estimate of drug-likeness (QED) is 0.732. The summed E-state index contributed by atoms with van der Waals surface area (Å²) in [6.45, 7) is 9.31. The number of nitrogens with one attached hydrogen (secondary N) is 1. The van der Waals surface area contributed by atoms with Gasteiger partial charge in [0.2, 0.25) is 0 Å². The molecule has 3 aromatic rings. The normalized spacial score (nSPS) is 15.1. The highest BCUT2D eigenvalue weighted by Crippen LogP contribution is 2.27. The molecule has 0 atom stereocenters. The Bertz CT molecular complexity index is 980. The Kier molecular flexibility index (Phi) is 4.71. The molecular formula is C22H27N5O. The van der Waals surface area contributed by atoms with Gasteiger partial charge in [-0.15, -0.1) is 0 Å². The molecule has 28 heavy (non-hydrogen) atoms. The van der Waals surface area contributed by atoms with Crippen LogP contribution in [0.25, 0.3) is 10.9 Å². The molecule has 1 saturated heterocycles. The van der Waals surface area contributed by atoms with Crippen LogP contribution in [0.1, 0.15) is 20.8 Å². The molecule has 2 aromatic heterocycles. The van der Waals surface area contributed by atoms with E-state index in [-0.39, 0.29) is 11.6 Å². The molecule has 1 aliphatic heterocycles. The van der Waals surface area contributed by atoms with Gasteiger partial charge < -0.3 is 15.1 Å². The predicted octanol–water partition coefficient (Wildman–Crippen LogP) is 4.04. The molecule has 0 aliphatic carbocycles. The summed E-state index contributed by atoms with van der Waals surface area (Å²) in [4.78, 5) is 21.8. The van der Waals surface area contributed by atoms with Crippen molar-refractivity contribution in [3.63, 3.8) is 0 Å². The second-order valence-electron chi connectivity index (χ2n) is 8.25. The van der Waals surface area contributed by atoms with Crippen molar-refractivity contribution in [2.24, 2.45) is 0 Å². The van der Waals surface area contributed by atoms with Crippen LogP contribution in [0, 0.1) is 0 Å². The second-order valence-corrected chi connectivity index (χ2v) is 8.25. The van der Waals surface area contributed by atoms with E-state index in [0.717, 1.165) is 35.5 Å². The number of piperazine rings is 1. The highest BCUT2D eigenvalue weighted by atomic mass is 16.2. The largest absolute Gasteiger partial charge is 0.377 e. The topological polar surface area (TPSA) is 53.4 Å². The standard InChI is InChI=1S/C22H27N5O/c1-22(2,3)24-18-8-6-11-23-20(18)25-13-15-26(16-14-25)21(28)27-12-10-17-7-4-5-9-19(17)27/h4-12,24H,13-16H2,1-3H3. The maximum Gasteiger partial charge on any atom is 0.328 e. The lowest BCUT2D eigenvalue weighted by molar-refractivity contribution is 0.197. The Morgan fingerprint density at radius 1 is 1.00 bits per heavy atom. The lowest BCUT2D eigenvalue weighted by Gasteiger charge is -2.37.